The standard InChI is InChI=1S/C16H27BN2O10S4/c1-15(2)16(3,4)29-17(28-15)12-9-13(18(30(5,20)21)31(6,22)23)11-14(10-12)19(32(7,24)25)33(8,26)27/h9-11H,1-8H3. The molecule has 1 aromatic rings. The molecule has 0 N–H and O–H groups in total. The molecular weight excluding hydrogens is 519 g/mol. The van der Waals surface area contributed by atoms with E-state index in [0.29, 0.717) is 25.0 Å². The Labute approximate surface area is 196 Å². The number of nitrogens with zero attached hydrogens (tertiary/aromatic N) is 2. The summed E-state index contributed by atoms with van der Waals surface area (Å²) in [4.78, 5) is 0. The van der Waals surface area contributed by atoms with Crippen LogP contribution in [0.3, 0.4) is 0 Å². The summed E-state index contributed by atoms with van der Waals surface area (Å²) in [5, 5.41) is 0. The molecule has 33 heavy (non-hydrogen) atoms. The number of hydrogen-bond acceptors (Lipinski definition) is 10. The van der Waals surface area contributed by atoms with Crippen molar-refractivity contribution in [3.8, 4) is 0 Å². The SMILES string of the molecule is CC1(C)OB(c2cc(N(S(C)(=O)=O)S(C)(=O)=O)cc(N(S(C)(=O)=O)S(C)(=O)=O)c2)OC1(C)C. The van der Waals surface area contributed by atoms with Crippen molar-refractivity contribution in [3.63, 3.8) is 0 Å². The zero-order valence-electron chi connectivity index (χ0n) is 19.4. The van der Waals surface area contributed by atoms with Crippen LogP contribution in [0.2, 0.25) is 0 Å². The Morgan fingerprint density at radius 3 is 1.12 bits per heavy atom. The molecule has 0 unspecified atom stereocenters. The Kier molecular flexibility index (Phi) is 6.82. The largest absolute Gasteiger partial charge is 0.494 e. The van der Waals surface area contributed by atoms with Gasteiger partial charge >= 0.3 is 7.12 Å². The Bertz CT molecular complexity index is 1220. The monoisotopic (exact) mass is 546 g/mol. The van der Waals surface area contributed by atoms with E-state index in [1.165, 1.54) is 0 Å². The molecule has 0 aliphatic carbocycles. The lowest BCUT2D eigenvalue weighted by Gasteiger charge is -2.32. The second kappa shape index (κ2) is 8.08. The number of sulfonamides is 4. The first-order valence-electron chi connectivity index (χ1n) is 9.29. The van der Waals surface area contributed by atoms with Crippen LogP contribution in [-0.4, -0.2) is 77.0 Å². The summed E-state index contributed by atoms with van der Waals surface area (Å²) < 4.78 is 111. The smallest absolute Gasteiger partial charge is 0.399 e. The Morgan fingerprint density at radius 1 is 0.606 bits per heavy atom. The summed E-state index contributed by atoms with van der Waals surface area (Å²) in [5.41, 5.74) is -2.72. The maximum absolute atomic E-state index is 12.3. The van der Waals surface area contributed by atoms with Gasteiger partial charge in [0.1, 0.15) is 0 Å². The van der Waals surface area contributed by atoms with Crippen molar-refractivity contribution >= 4 is 64.0 Å². The highest BCUT2D eigenvalue weighted by molar-refractivity contribution is 8.10. The number of anilines is 2. The van der Waals surface area contributed by atoms with E-state index in [0.717, 1.165) is 18.2 Å². The fourth-order valence-corrected chi connectivity index (χ4v) is 9.09. The van der Waals surface area contributed by atoms with Gasteiger partial charge in [-0.15, -0.1) is 0 Å². The van der Waals surface area contributed by atoms with Gasteiger partial charge in [-0.1, -0.05) is 0 Å². The molecule has 12 nitrogen and oxygen atoms in total. The Balaban J connectivity index is 2.94. The fourth-order valence-electron chi connectivity index (χ4n) is 3.20. The minimum Gasteiger partial charge on any atom is -0.399 e. The number of hydrogen-bond donors (Lipinski definition) is 0. The van der Waals surface area contributed by atoms with Gasteiger partial charge < -0.3 is 9.31 Å². The lowest BCUT2D eigenvalue weighted by Crippen LogP contribution is -2.41. The highest BCUT2D eigenvalue weighted by atomic mass is 32.3. The molecule has 0 amide bonds. The highest BCUT2D eigenvalue weighted by Gasteiger charge is 2.52. The summed E-state index contributed by atoms with van der Waals surface area (Å²) in [5.74, 6) is 0. The average Bonchev–Trinajstić information content (AvgIpc) is 2.69. The van der Waals surface area contributed by atoms with Gasteiger partial charge in [0.2, 0.25) is 40.1 Å². The van der Waals surface area contributed by atoms with Gasteiger partial charge in [0, 0.05) is 0 Å². The minimum absolute atomic E-state index is 0.00995. The van der Waals surface area contributed by atoms with E-state index >= 15 is 0 Å². The maximum Gasteiger partial charge on any atom is 0.494 e. The maximum atomic E-state index is 12.3. The first kappa shape index (κ1) is 27.8. The van der Waals surface area contributed by atoms with Crippen molar-refractivity contribution in [3.05, 3.63) is 18.2 Å². The van der Waals surface area contributed by atoms with E-state index < -0.39 is 69.8 Å². The van der Waals surface area contributed by atoms with E-state index in [-0.39, 0.29) is 12.9 Å². The Hall–Kier alpha value is -1.40. The van der Waals surface area contributed by atoms with Crippen LogP contribution < -0.4 is 12.9 Å². The molecule has 0 saturated carbocycles. The normalized spacial score (nSPS) is 18.8. The van der Waals surface area contributed by atoms with Gasteiger partial charge in [0.25, 0.3) is 0 Å². The average molecular weight is 546 g/mol. The molecule has 188 valence electrons. The topological polar surface area (TPSA) is 161 Å². The minimum atomic E-state index is -4.43. The second-order valence-electron chi connectivity index (χ2n) is 8.82. The lowest BCUT2D eigenvalue weighted by molar-refractivity contribution is 0.00578. The first-order valence-corrected chi connectivity index (χ1v) is 16.7. The van der Waals surface area contributed by atoms with Crippen LogP contribution in [0.4, 0.5) is 11.4 Å². The summed E-state index contributed by atoms with van der Waals surface area (Å²) >= 11 is 0. The van der Waals surface area contributed by atoms with Gasteiger partial charge in [-0.05, 0) is 51.4 Å². The fraction of sp³-hybridized carbons (Fsp3) is 0.625. The van der Waals surface area contributed by atoms with E-state index in [4.69, 9.17) is 9.31 Å². The molecule has 1 fully saturated rings. The van der Waals surface area contributed by atoms with Crippen molar-refractivity contribution in [2.24, 2.45) is 0 Å². The molecular formula is C16H27BN2O10S4. The number of rotatable bonds is 7. The molecule has 1 aromatic carbocycles. The van der Waals surface area contributed by atoms with Crippen molar-refractivity contribution in [2.45, 2.75) is 38.9 Å². The van der Waals surface area contributed by atoms with Crippen molar-refractivity contribution in [2.75, 3.05) is 32.4 Å². The zero-order valence-corrected chi connectivity index (χ0v) is 22.7. The molecule has 0 atom stereocenters. The van der Waals surface area contributed by atoms with E-state index in [1.807, 2.05) is 0 Å². The predicted octanol–water partition coefficient (Wildman–Crippen LogP) is -0.563. The van der Waals surface area contributed by atoms with Crippen molar-refractivity contribution in [1.82, 2.24) is 0 Å². The number of benzene rings is 1. The molecule has 0 spiro atoms. The van der Waals surface area contributed by atoms with Gasteiger partial charge in [-0.3, -0.25) is 0 Å². The quantitative estimate of drug-likeness (QED) is 0.405. The van der Waals surface area contributed by atoms with Crippen LogP contribution in [0.5, 0.6) is 0 Å². The molecule has 0 aromatic heterocycles. The molecule has 0 radical (unpaired) electrons. The third-order valence-corrected chi connectivity index (χ3v) is 11.6. The second-order valence-corrected chi connectivity index (χ2v) is 16.6. The van der Waals surface area contributed by atoms with Crippen LogP contribution in [-0.2, 0) is 49.4 Å². The summed E-state index contributed by atoms with van der Waals surface area (Å²) in [6.45, 7) is 6.93. The van der Waals surface area contributed by atoms with Gasteiger partial charge in [-0.25, -0.2) is 33.7 Å². The lowest BCUT2D eigenvalue weighted by atomic mass is 9.78. The van der Waals surface area contributed by atoms with Gasteiger partial charge in [0.15, 0.2) is 0 Å². The van der Waals surface area contributed by atoms with Crippen LogP contribution >= 0.6 is 0 Å². The molecule has 1 heterocycles. The van der Waals surface area contributed by atoms with Crippen molar-refractivity contribution in [1.29, 1.82) is 0 Å². The Morgan fingerprint density at radius 2 is 0.879 bits per heavy atom. The highest BCUT2D eigenvalue weighted by Crippen LogP contribution is 2.37. The van der Waals surface area contributed by atoms with Crippen LogP contribution in [0, 0.1) is 0 Å². The van der Waals surface area contributed by atoms with Crippen LogP contribution in [0.15, 0.2) is 18.2 Å². The van der Waals surface area contributed by atoms with Gasteiger partial charge in [0.05, 0.1) is 47.6 Å². The zero-order chi connectivity index (χ0) is 26.0. The molecule has 1 aliphatic rings. The van der Waals surface area contributed by atoms with Gasteiger partial charge in [-0.2, -0.15) is 7.42 Å². The molecule has 0 bridgehead atoms. The molecule has 1 saturated heterocycles. The van der Waals surface area contributed by atoms with Crippen LogP contribution in [0.25, 0.3) is 0 Å². The summed E-state index contributed by atoms with van der Waals surface area (Å²) in [6, 6.07) is 3.08. The third-order valence-electron chi connectivity index (χ3n) is 5.08. The molecule has 1 aliphatic heterocycles. The third kappa shape index (κ3) is 5.82. The van der Waals surface area contributed by atoms with Crippen molar-refractivity contribution < 1.29 is 43.0 Å². The predicted molar refractivity (Wildman–Crippen MR) is 126 cm³/mol. The molecule has 17 heteroatoms. The summed E-state index contributed by atoms with van der Waals surface area (Å²) in [6.07, 6.45) is 2.56. The first-order chi connectivity index (χ1) is 14.4. The van der Waals surface area contributed by atoms with E-state index in [2.05, 4.69) is 0 Å². The van der Waals surface area contributed by atoms with E-state index in [1.54, 1.807) is 27.7 Å². The van der Waals surface area contributed by atoms with E-state index in [9.17, 15) is 33.7 Å². The molecule has 2 rings (SSSR count). The summed E-state index contributed by atoms with van der Waals surface area (Å²) in [7, 11) is -18.9. The van der Waals surface area contributed by atoms with Crippen LogP contribution in [0.1, 0.15) is 27.7 Å².